The van der Waals surface area contributed by atoms with Crippen molar-refractivity contribution >= 4 is 82.3 Å². The molecule has 2 aromatic rings. The largest absolute Gasteiger partial charge is 0.373 e. The molecule has 10 heteroatoms. The van der Waals surface area contributed by atoms with Gasteiger partial charge in [0.05, 0.1) is 0 Å². The number of aromatic nitrogens is 2. The molecule has 0 aromatic carbocycles. The van der Waals surface area contributed by atoms with E-state index in [1.54, 1.807) is 6.92 Å². The van der Waals surface area contributed by atoms with Crippen LogP contribution in [0.5, 0.6) is 0 Å². The van der Waals surface area contributed by atoms with Gasteiger partial charge in [-0.3, -0.25) is 0 Å². The molecule has 7 rings (SSSR count). The van der Waals surface area contributed by atoms with E-state index < -0.39 is 20.8 Å². The van der Waals surface area contributed by atoms with Crippen LogP contribution in [0.25, 0.3) is 23.8 Å². The number of hydrogen-bond acceptors (Lipinski definition) is 6. The fourth-order valence-corrected chi connectivity index (χ4v) is 16.7. The van der Waals surface area contributed by atoms with Crippen LogP contribution in [0, 0.1) is 25.7 Å². The van der Waals surface area contributed by atoms with Gasteiger partial charge in [0.2, 0.25) is 0 Å². The van der Waals surface area contributed by atoms with E-state index >= 15 is 0 Å². The Kier molecular flexibility index (Phi) is 7.88. The van der Waals surface area contributed by atoms with Gasteiger partial charge in [-0.2, -0.15) is 9.59 Å². The molecule has 8 nitrogen and oxygen atoms in total. The molecule has 4 aliphatic heterocycles. The molecular formula is C34H34ClInN4O4. The van der Waals surface area contributed by atoms with E-state index in [1.807, 2.05) is 6.92 Å². The number of halogens is 1. The summed E-state index contributed by atoms with van der Waals surface area (Å²) in [7, 11) is 7.85. The first-order valence-corrected chi connectivity index (χ1v) is 22.3. The van der Waals surface area contributed by atoms with Crippen molar-refractivity contribution in [2.45, 2.75) is 74.1 Å². The molecule has 2 aromatic heterocycles. The molecule has 6 heterocycles. The van der Waals surface area contributed by atoms with Crippen LogP contribution in [0.3, 0.4) is 0 Å². The van der Waals surface area contributed by atoms with Crippen molar-refractivity contribution in [3.8, 4) is 0 Å². The Morgan fingerprint density at radius 2 is 1.77 bits per heavy atom. The predicted molar refractivity (Wildman–Crippen MR) is 173 cm³/mol. The molecule has 224 valence electrons. The molecule has 1 aliphatic carbocycles. The second-order valence-electron chi connectivity index (χ2n) is 12.2. The topological polar surface area (TPSA) is 103 Å². The Morgan fingerprint density at radius 1 is 1.07 bits per heavy atom. The number of Topliss-reactive ketones (excluding diaryl/α,β-unsaturated/α-hetero) is 2. The van der Waals surface area contributed by atoms with Gasteiger partial charge in [0.25, 0.3) is 0 Å². The average molecular weight is 713 g/mol. The normalized spacial score (nSPS) is 20.8. The number of ketones is 2. The maximum absolute atomic E-state index is 13.8. The van der Waals surface area contributed by atoms with Crippen molar-refractivity contribution in [2.24, 2.45) is 21.8 Å². The van der Waals surface area contributed by atoms with E-state index in [0.717, 1.165) is 92.0 Å². The maximum atomic E-state index is 13.8. The minimum atomic E-state index is -3.59. The second kappa shape index (κ2) is 11.3. The Labute approximate surface area is 268 Å². The Hall–Kier alpha value is -3.26. The predicted octanol–water partition coefficient (Wildman–Crippen LogP) is 5.06. The van der Waals surface area contributed by atoms with Crippen molar-refractivity contribution < 1.29 is 19.2 Å². The number of allylic oxidation sites excluding steroid dienone is 3. The third-order valence-corrected chi connectivity index (χ3v) is 18.0. The summed E-state index contributed by atoms with van der Waals surface area (Å²) in [6.45, 7) is 14.5. The fraction of sp³-hybridized carbons (Fsp3) is 0.382. The smallest absolute Gasteiger partial charge is 0.186 e. The van der Waals surface area contributed by atoms with E-state index in [2.05, 4.69) is 58.0 Å². The number of nitrogens with zero attached hydrogens (tertiary/aromatic N) is 4. The Bertz CT molecular complexity index is 2030. The summed E-state index contributed by atoms with van der Waals surface area (Å²) in [5.74, 6) is 0.621. The van der Waals surface area contributed by atoms with E-state index in [-0.39, 0.29) is 29.6 Å². The van der Waals surface area contributed by atoms with Gasteiger partial charge in [-0.1, -0.05) is 0 Å². The first-order valence-electron chi connectivity index (χ1n) is 15.2. The summed E-state index contributed by atoms with van der Waals surface area (Å²) in [5, 5.41) is 1.95. The van der Waals surface area contributed by atoms with Crippen molar-refractivity contribution in [1.29, 1.82) is 0 Å². The van der Waals surface area contributed by atoms with Gasteiger partial charge in [-0.05, 0) is 0 Å². The molecule has 0 radical (unpaired) electrons. The molecule has 0 N–H and O–H groups in total. The van der Waals surface area contributed by atoms with Gasteiger partial charge in [-0.25, -0.2) is 0 Å². The molecular weight excluding hydrogens is 679 g/mol. The van der Waals surface area contributed by atoms with Gasteiger partial charge in [-0.15, -0.1) is 0 Å². The van der Waals surface area contributed by atoms with E-state index in [4.69, 9.17) is 28.2 Å². The summed E-state index contributed by atoms with van der Waals surface area (Å²) in [6.07, 6.45) is 9.91. The summed E-state index contributed by atoms with van der Waals surface area (Å²) in [6, 6.07) is 0. The Morgan fingerprint density at radius 3 is 2.41 bits per heavy atom. The standard InChI is InChI=1S/C33H35N4O2.CO2.ClH.In/c1-8-10-21-16(4)24-12-25-17(5)30(19(7)38)28(35-25)14-23-15(3)20(9-2)27(34-23)13-26-18(6)31-29(39)11-22(32(21)36-24)33(31)37-26;2-1-3;;/h12-15,20H,8-11H2,1-7H3,(H-,34,35,36,37,38,39);;1H;/q-1;;;+3/p-2/t15-,20-;;;/m1.../s1. The summed E-state index contributed by atoms with van der Waals surface area (Å²) in [5.41, 5.74) is 12.4. The number of carbonyl (C=O) groups excluding carboxylic acids is 4. The van der Waals surface area contributed by atoms with Crippen LogP contribution in [-0.2, 0) is 9.59 Å². The molecule has 0 saturated carbocycles. The summed E-state index contributed by atoms with van der Waals surface area (Å²) < 4.78 is 4.62. The van der Waals surface area contributed by atoms with Crippen molar-refractivity contribution in [3.05, 3.63) is 66.9 Å². The maximum Gasteiger partial charge on any atom is 0.373 e. The van der Waals surface area contributed by atoms with Gasteiger partial charge in [0.1, 0.15) is 0 Å². The zero-order valence-electron chi connectivity index (χ0n) is 26.1. The third-order valence-electron chi connectivity index (χ3n) is 9.84. The molecule has 0 unspecified atom stereocenters. The second-order valence-corrected chi connectivity index (χ2v) is 19.5. The Balaban J connectivity index is 0.00000110. The number of hydrogen-bond donors (Lipinski definition) is 0. The summed E-state index contributed by atoms with van der Waals surface area (Å²) in [4.78, 5) is 53.8. The minimum Gasteiger partial charge on any atom is -0.186 e. The first kappa shape index (κ1) is 30.8. The van der Waals surface area contributed by atoms with Crippen LogP contribution in [0.15, 0.2) is 32.5 Å². The van der Waals surface area contributed by atoms with Crippen LogP contribution in [0.2, 0.25) is 0 Å². The summed E-state index contributed by atoms with van der Waals surface area (Å²) >= 11 is -3.59. The van der Waals surface area contributed by atoms with Crippen LogP contribution in [-0.4, -0.2) is 55.1 Å². The molecule has 6 bridgehead atoms. The minimum absolute atomic E-state index is 0.0226. The van der Waals surface area contributed by atoms with E-state index in [1.165, 1.54) is 5.57 Å². The molecule has 0 saturated heterocycles. The number of carbonyl (C=O) groups is 2. The van der Waals surface area contributed by atoms with Crippen LogP contribution >= 0.6 is 8.58 Å². The number of aliphatic imine (C=N–C) groups is 2. The molecule has 0 spiro atoms. The van der Waals surface area contributed by atoms with Gasteiger partial charge < -0.3 is 0 Å². The number of fused-ring (bicyclic) bond motifs is 3. The zero-order valence-corrected chi connectivity index (χ0v) is 30.1. The monoisotopic (exact) mass is 712 g/mol. The van der Waals surface area contributed by atoms with Crippen molar-refractivity contribution in [1.82, 2.24) is 5.11 Å². The first-order chi connectivity index (χ1) is 21.0. The van der Waals surface area contributed by atoms with Crippen molar-refractivity contribution in [3.63, 3.8) is 0 Å². The third kappa shape index (κ3) is 4.27. The van der Waals surface area contributed by atoms with Crippen LogP contribution in [0.1, 0.15) is 104 Å². The van der Waals surface area contributed by atoms with E-state index in [0.29, 0.717) is 12.0 Å². The van der Waals surface area contributed by atoms with Gasteiger partial charge in [0.15, 0.2) is 0 Å². The molecule has 5 aliphatic rings. The average Bonchev–Trinajstić information content (AvgIpc) is 3.70. The van der Waals surface area contributed by atoms with E-state index in [9.17, 15) is 9.59 Å². The SMILES string of the molecule is CCCC1=C(C)C2=Cc3c(C)c(C(C)=O)c4[n]3[In]([Cl])[n]3c(c(C)c5c3=C(CC5=O)C1=N2)=CC1=NC(=C4)[C@H](C)[C@H]1CC.O=C=O. The molecule has 44 heavy (non-hydrogen) atoms. The van der Waals surface area contributed by atoms with Crippen molar-refractivity contribution in [2.75, 3.05) is 0 Å². The zero-order chi connectivity index (χ0) is 31.8. The molecule has 0 amide bonds. The van der Waals surface area contributed by atoms with Crippen LogP contribution in [0.4, 0.5) is 0 Å². The molecule has 2 atom stereocenters. The van der Waals surface area contributed by atoms with Crippen LogP contribution < -0.4 is 10.7 Å². The quantitative estimate of drug-likeness (QED) is 0.414. The number of rotatable bonds is 4. The van der Waals surface area contributed by atoms with Gasteiger partial charge >= 0.3 is 260 Å². The van der Waals surface area contributed by atoms with Gasteiger partial charge in [0, 0.05) is 0 Å². The molecule has 0 fully saturated rings. The fourth-order valence-electron chi connectivity index (χ4n) is 7.77.